The molecule has 1 aromatic rings. The van der Waals surface area contributed by atoms with Crippen LogP contribution in [-0.2, 0) is 0 Å². The molecule has 0 amide bonds. The molecular weight excluding hydrogens is 257 g/mol. The first-order valence-corrected chi connectivity index (χ1v) is 7.55. The van der Waals surface area contributed by atoms with Gasteiger partial charge in [0.15, 0.2) is 0 Å². The molecule has 1 aromatic carbocycles. The van der Waals surface area contributed by atoms with Crippen molar-refractivity contribution in [3.8, 4) is 0 Å². The number of hydrogen-bond donors (Lipinski definition) is 1. The van der Waals surface area contributed by atoms with Crippen LogP contribution < -0.4 is 5.32 Å². The molecule has 1 nitrogen and oxygen atoms in total. The van der Waals surface area contributed by atoms with E-state index in [1.165, 1.54) is 6.07 Å². The Bertz CT molecular complexity index is 359. The molecule has 17 heavy (non-hydrogen) atoms. The quantitative estimate of drug-likeness (QED) is 0.832. The van der Waals surface area contributed by atoms with Crippen molar-refractivity contribution in [2.75, 3.05) is 12.0 Å². The van der Waals surface area contributed by atoms with E-state index in [0.717, 1.165) is 17.7 Å². The number of rotatable bonds is 6. The van der Waals surface area contributed by atoms with Crippen molar-refractivity contribution in [2.45, 2.75) is 32.4 Å². The van der Waals surface area contributed by atoms with Crippen LogP contribution in [0.25, 0.3) is 0 Å². The summed E-state index contributed by atoms with van der Waals surface area (Å²) in [5.41, 5.74) is 1.02. The van der Waals surface area contributed by atoms with Gasteiger partial charge in [0.25, 0.3) is 0 Å². The van der Waals surface area contributed by atoms with Gasteiger partial charge in [-0.25, -0.2) is 4.39 Å². The summed E-state index contributed by atoms with van der Waals surface area (Å²) in [6, 6.07) is 5.56. The molecule has 0 spiro atoms. The van der Waals surface area contributed by atoms with Gasteiger partial charge in [0, 0.05) is 17.8 Å². The summed E-state index contributed by atoms with van der Waals surface area (Å²) < 4.78 is 13.1. The fourth-order valence-corrected chi connectivity index (χ4v) is 2.64. The van der Waals surface area contributed by atoms with Crippen LogP contribution in [0, 0.1) is 5.82 Å². The average molecular weight is 276 g/mol. The van der Waals surface area contributed by atoms with E-state index in [1.807, 2.05) is 11.8 Å². The summed E-state index contributed by atoms with van der Waals surface area (Å²) in [4.78, 5) is 0. The topological polar surface area (TPSA) is 12.0 Å². The van der Waals surface area contributed by atoms with Crippen LogP contribution >= 0.6 is 23.4 Å². The Morgan fingerprint density at radius 1 is 1.47 bits per heavy atom. The monoisotopic (exact) mass is 275 g/mol. The molecule has 4 heteroatoms. The lowest BCUT2D eigenvalue weighted by atomic mass is 10.1. The number of halogens is 2. The first kappa shape index (κ1) is 14.8. The molecular formula is C13H19ClFNS. The first-order valence-electron chi connectivity index (χ1n) is 5.78. The second-order valence-electron chi connectivity index (χ2n) is 4.12. The van der Waals surface area contributed by atoms with Gasteiger partial charge < -0.3 is 5.32 Å². The van der Waals surface area contributed by atoms with Crippen LogP contribution in [0.5, 0.6) is 0 Å². The normalized spacial score (nSPS) is 14.6. The number of thioether (sulfide) groups is 1. The zero-order valence-corrected chi connectivity index (χ0v) is 12.0. The van der Waals surface area contributed by atoms with E-state index in [2.05, 4.69) is 25.4 Å². The highest BCUT2D eigenvalue weighted by Gasteiger charge is 2.12. The van der Waals surface area contributed by atoms with Crippen molar-refractivity contribution < 1.29 is 4.39 Å². The van der Waals surface area contributed by atoms with Crippen molar-refractivity contribution in [1.82, 2.24) is 5.32 Å². The van der Waals surface area contributed by atoms with E-state index in [9.17, 15) is 4.39 Å². The van der Waals surface area contributed by atoms with E-state index in [-0.39, 0.29) is 16.9 Å². The minimum absolute atomic E-state index is 0.185. The summed E-state index contributed by atoms with van der Waals surface area (Å²) >= 11 is 7.61. The number of benzene rings is 1. The van der Waals surface area contributed by atoms with Gasteiger partial charge >= 0.3 is 0 Å². The molecule has 0 saturated carbocycles. The highest BCUT2D eigenvalue weighted by atomic mass is 35.5. The predicted molar refractivity (Wildman–Crippen MR) is 75.4 cm³/mol. The van der Waals surface area contributed by atoms with E-state index in [4.69, 9.17) is 11.6 Å². The number of hydrogen-bond acceptors (Lipinski definition) is 2. The highest BCUT2D eigenvalue weighted by Crippen LogP contribution is 2.21. The molecule has 0 aromatic heterocycles. The molecule has 0 aliphatic heterocycles. The van der Waals surface area contributed by atoms with E-state index in [1.54, 1.807) is 12.1 Å². The Balaban J connectivity index is 2.68. The summed E-state index contributed by atoms with van der Waals surface area (Å²) in [6.07, 6.45) is 3.18. The van der Waals surface area contributed by atoms with E-state index < -0.39 is 0 Å². The van der Waals surface area contributed by atoms with Gasteiger partial charge in [-0.2, -0.15) is 11.8 Å². The highest BCUT2D eigenvalue weighted by molar-refractivity contribution is 7.98. The maximum Gasteiger partial charge on any atom is 0.141 e. The molecule has 2 atom stereocenters. The van der Waals surface area contributed by atoms with Crippen LogP contribution in [0.2, 0.25) is 5.02 Å². The van der Waals surface area contributed by atoms with Crippen molar-refractivity contribution in [1.29, 1.82) is 0 Å². The smallest absolute Gasteiger partial charge is 0.141 e. The summed E-state index contributed by atoms with van der Waals surface area (Å²) in [5.74, 6) is 0.717. The van der Waals surface area contributed by atoms with Crippen molar-refractivity contribution in [2.24, 2.45) is 0 Å². The molecule has 0 aliphatic carbocycles. The Kier molecular flexibility index (Phi) is 6.31. The second-order valence-corrected chi connectivity index (χ2v) is 5.44. The van der Waals surface area contributed by atoms with E-state index in [0.29, 0.717) is 6.04 Å². The van der Waals surface area contributed by atoms with Crippen molar-refractivity contribution >= 4 is 23.4 Å². The fraction of sp³-hybridized carbons (Fsp3) is 0.538. The Morgan fingerprint density at radius 3 is 2.71 bits per heavy atom. The van der Waals surface area contributed by atoms with Crippen molar-refractivity contribution in [3.05, 3.63) is 34.6 Å². The fourth-order valence-electron chi connectivity index (χ4n) is 1.72. The SMILES string of the molecule is CCC(CSC)NC(C)c1ccc(F)c(Cl)c1. The molecule has 96 valence electrons. The van der Waals surface area contributed by atoms with E-state index >= 15 is 0 Å². The minimum Gasteiger partial charge on any atom is -0.307 e. The largest absolute Gasteiger partial charge is 0.307 e. The standard InChI is InChI=1S/C13H19ClFNS/c1-4-11(8-17-3)16-9(2)10-5-6-13(15)12(14)7-10/h5-7,9,11,16H,4,8H2,1-3H3. The molecule has 1 N–H and O–H groups in total. The molecule has 2 unspecified atom stereocenters. The van der Waals surface area contributed by atoms with Crippen molar-refractivity contribution in [3.63, 3.8) is 0 Å². The van der Waals surface area contributed by atoms with Gasteiger partial charge in [-0.15, -0.1) is 0 Å². The van der Waals surface area contributed by atoms with Crippen LogP contribution in [0.3, 0.4) is 0 Å². The van der Waals surface area contributed by atoms with Crippen LogP contribution in [-0.4, -0.2) is 18.1 Å². The minimum atomic E-state index is -0.362. The molecule has 0 saturated heterocycles. The Morgan fingerprint density at radius 2 is 2.18 bits per heavy atom. The zero-order valence-electron chi connectivity index (χ0n) is 10.5. The molecule has 0 bridgehead atoms. The summed E-state index contributed by atoms with van der Waals surface area (Å²) in [5, 5.41) is 3.72. The van der Waals surface area contributed by atoms with Gasteiger partial charge in [0.2, 0.25) is 0 Å². The van der Waals surface area contributed by atoms with Gasteiger partial charge in [-0.1, -0.05) is 24.6 Å². The number of nitrogens with one attached hydrogen (secondary N) is 1. The maximum absolute atomic E-state index is 13.1. The summed E-state index contributed by atoms with van der Waals surface area (Å²) in [6.45, 7) is 4.24. The molecule has 0 radical (unpaired) electrons. The lowest BCUT2D eigenvalue weighted by Crippen LogP contribution is -2.33. The Labute approximate surface area is 112 Å². The molecule has 1 rings (SSSR count). The average Bonchev–Trinajstić information content (AvgIpc) is 2.31. The third kappa shape index (κ3) is 4.49. The van der Waals surface area contributed by atoms with Crippen LogP contribution in [0.4, 0.5) is 4.39 Å². The van der Waals surface area contributed by atoms with Crippen LogP contribution in [0.15, 0.2) is 18.2 Å². The third-order valence-corrected chi connectivity index (χ3v) is 3.82. The lowest BCUT2D eigenvalue weighted by Gasteiger charge is -2.22. The van der Waals surface area contributed by atoms with Gasteiger partial charge in [-0.05, 0) is 37.3 Å². The van der Waals surface area contributed by atoms with Gasteiger partial charge in [0.1, 0.15) is 5.82 Å². The molecule has 0 fully saturated rings. The van der Waals surface area contributed by atoms with Crippen LogP contribution in [0.1, 0.15) is 31.9 Å². The third-order valence-electron chi connectivity index (χ3n) is 2.79. The molecule has 0 aliphatic rings. The lowest BCUT2D eigenvalue weighted by molar-refractivity contribution is 0.474. The van der Waals surface area contributed by atoms with Gasteiger partial charge in [-0.3, -0.25) is 0 Å². The van der Waals surface area contributed by atoms with Gasteiger partial charge in [0.05, 0.1) is 5.02 Å². The first-order chi connectivity index (χ1) is 8.08. The second kappa shape index (κ2) is 7.24. The Hall–Kier alpha value is -0.250. The predicted octanol–water partition coefficient (Wildman–Crippen LogP) is 4.27. The molecule has 0 heterocycles. The summed E-state index contributed by atoms with van der Waals surface area (Å²) in [7, 11) is 0. The maximum atomic E-state index is 13.1. The zero-order chi connectivity index (χ0) is 12.8.